The number of carbonyl (C=O) groups excluding carboxylic acids is 1. The van der Waals surface area contributed by atoms with Gasteiger partial charge in [0.2, 0.25) is 0 Å². The SMILES string of the molecule is CCc1ccc(OCC(=O)NC[C@H](c2cccs2)N2CCCCCC2)cc1. The van der Waals surface area contributed by atoms with Gasteiger partial charge in [0, 0.05) is 11.4 Å². The topological polar surface area (TPSA) is 41.6 Å². The van der Waals surface area contributed by atoms with Crippen LogP contribution in [0.2, 0.25) is 0 Å². The number of hydrogen-bond donors (Lipinski definition) is 1. The molecule has 0 spiro atoms. The van der Waals surface area contributed by atoms with Crippen LogP contribution in [0.5, 0.6) is 5.75 Å². The summed E-state index contributed by atoms with van der Waals surface area (Å²) in [7, 11) is 0. The maximum atomic E-state index is 12.3. The summed E-state index contributed by atoms with van der Waals surface area (Å²) >= 11 is 1.77. The first-order chi connectivity index (χ1) is 13.3. The summed E-state index contributed by atoms with van der Waals surface area (Å²) in [6.07, 6.45) is 6.11. The molecule has 3 rings (SSSR count). The summed E-state index contributed by atoms with van der Waals surface area (Å²) in [6, 6.07) is 12.5. The molecule has 0 saturated carbocycles. The third-order valence-corrected chi connectivity index (χ3v) is 6.12. The van der Waals surface area contributed by atoms with Crippen molar-refractivity contribution in [1.82, 2.24) is 10.2 Å². The number of thiophene rings is 1. The molecule has 5 heteroatoms. The van der Waals surface area contributed by atoms with Gasteiger partial charge < -0.3 is 10.1 Å². The van der Waals surface area contributed by atoms with Crippen LogP contribution in [0.4, 0.5) is 0 Å². The van der Waals surface area contributed by atoms with E-state index in [9.17, 15) is 4.79 Å². The first-order valence-corrected chi connectivity index (χ1v) is 10.9. The van der Waals surface area contributed by atoms with Gasteiger partial charge in [-0.3, -0.25) is 9.69 Å². The highest BCUT2D eigenvalue weighted by Gasteiger charge is 2.23. The minimum Gasteiger partial charge on any atom is -0.484 e. The summed E-state index contributed by atoms with van der Waals surface area (Å²) in [6.45, 7) is 5.04. The largest absolute Gasteiger partial charge is 0.484 e. The Balaban J connectivity index is 1.52. The van der Waals surface area contributed by atoms with E-state index in [4.69, 9.17) is 4.74 Å². The Morgan fingerprint density at radius 3 is 2.52 bits per heavy atom. The number of ether oxygens (including phenoxy) is 1. The average Bonchev–Trinajstić information content (AvgIpc) is 3.10. The van der Waals surface area contributed by atoms with Crippen molar-refractivity contribution in [1.29, 1.82) is 0 Å². The minimum absolute atomic E-state index is 0.0582. The molecule has 1 aromatic carbocycles. The Morgan fingerprint density at radius 1 is 1.15 bits per heavy atom. The van der Waals surface area contributed by atoms with Gasteiger partial charge in [0.25, 0.3) is 5.91 Å². The van der Waals surface area contributed by atoms with Gasteiger partial charge in [-0.25, -0.2) is 0 Å². The molecule has 0 bridgehead atoms. The second kappa shape index (κ2) is 10.5. The van der Waals surface area contributed by atoms with Crippen LogP contribution in [0, 0.1) is 0 Å². The van der Waals surface area contributed by atoms with Crippen LogP contribution >= 0.6 is 11.3 Å². The predicted octanol–water partition coefficient (Wildman–Crippen LogP) is 4.42. The third-order valence-electron chi connectivity index (χ3n) is 5.15. The van der Waals surface area contributed by atoms with Gasteiger partial charge in [0.15, 0.2) is 6.61 Å². The van der Waals surface area contributed by atoms with E-state index in [-0.39, 0.29) is 18.6 Å². The molecule has 146 valence electrons. The molecule has 27 heavy (non-hydrogen) atoms. The molecule has 2 heterocycles. The van der Waals surface area contributed by atoms with Crippen LogP contribution in [0.25, 0.3) is 0 Å². The number of amides is 1. The highest BCUT2D eigenvalue weighted by Crippen LogP contribution is 2.27. The van der Waals surface area contributed by atoms with Gasteiger partial charge in [-0.15, -0.1) is 11.3 Å². The van der Waals surface area contributed by atoms with E-state index in [0.717, 1.165) is 25.3 Å². The first kappa shape index (κ1) is 19.9. The Kier molecular flexibility index (Phi) is 7.72. The Bertz CT molecular complexity index is 677. The number of nitrogens with one attached hydrogen (secondary N) is 1. The summed E-state index contributed by atoms with van der Waals surface area (Å²) in [5, 5.41) is 5.20. The Morgan fingerprint density at radius 2 is 1.89 bits per heavy atom. The summed E-state index contributed by atoms with van der Waals surface area (Å²) < 4.78 is 5.63. The van der Waals surface area contributed by atoms with Crippen molar-refractivity contribution in [2.24, 2.45) is 0 Å². The Hall–Kier alpha value is -1.85. The molecular formula is C22H30N2O2S. The maximum absolute atomic E-state index is 12.3. The fourth-order valence-electron chi connectivity index (χ4n) is 3.53. The number of nitrogens with zero attached hydrogens (tertiary/aromatic N) is 1. The van der Waals surface area contributed by atoms with Crippen molar-refractivity contribution in [2.45, 2.75) is 45.1 Å². The van der Waals surface area contributed by atoms with E-state index in [2.05, 4.69) is 34.7 Å². The molecule has 1 aliphatic heterocycles. The van der Waals surface area contributed by atoms with Gasteiger partial charge in [-0.05, 0) is 61.5 Å². The molecule has 1 atom stereocenters. The summed E-state index contributed by atoms with van der Waals surface area (Å²) in [4.78, 5) is 16.2. The number of hydrogen-bond acceptors (Lipinski definition) is 4. The smallest absolute Gasteiger partial charge is 0.258 e. The van der Waals surface area contributed by atoms with Gasteiger partial charge in [-0.2, -0.15) is 0 Å². The van der Waals surface area contributed by atoms with E-state index in [1.807, 2.05) is 24.3 Å². The lowest BCUT2D eigenvalue weighted by molar-refractivity contribution is -0.123. The lowest BCUT2D eigenvalue weighted by atomic mass is 10.2. The third kappa shape index (κ3) is 6.08. The van der Waals surface area contributed by atoms with Crippen molar-refractivity contribution in [3.63, 3.8) is 0 Å². The molecule has 0 aliphatic carbocycles. The van der Waals surface area contributed by atoms with Gasteiger partial charge in [-0.1, -0.05) is 38.0 Å². The molecule has 4 nitrogen and oxygen atoms in total. The van der Waals surface area contributed by atoms with Gasteiger partial charge in [0.05, 0.1) is 6.04 Å². The lowest BCUT2D eigenvalue weighted by Crippen LogP contribution is -2.39. The predicted molar refractivity (Wildman–Crippen MR) is 111 cm³/mol. The van der Waals surface area contributed by atoms with Crippen molar-refractivity contribution in [3.05, 3.63) is 52.2 Å². The van der Waals surface area contributed by atoms with Crippen molar-refractivity contribution >= 4 is 17.2 Å². The highest BCUT2D eigenvalue weighted by molar-refractivity contribution is 7.10. The van der Waals surface area contributed by atoms with Crippen LogP contribution in [-0.4, -0.2) is 37.0 Å². The van der Waals surface area contributed by atoms with E-state index >= 15 is 0 Å². The molecular weight excluding hydrogens is 356 g/mol. The minimum atomic E-state index is -0.0639. The molecule has 1 aliphatic rings. The van der Waals surface area contributed by atoms with Gasteiger partial charge in [0.1, 0.15) is 5.75 Å². The van der Waals surface area contributed by atoms with E-state index in [0.29, 0.717) is 6.54 Å². The molecule has 1 fully saturated rings. The van der Waals surface area contributed by atoms with E-state index < -0.39 is 0 Å². The van der Waals surface area contributed by atoms with Crippen LogP contribution in [-0.2, 0) is 11.2 Å². The van der Waals surface area contributed by atoms with Crippen molar-refractivity contribution in [3.8, 4) is 5.75 Å². The summed E-state index contributed by atoms with van der Waals surface area (Å²) in [5.74, 6) is 0.677. The lowest BCUT2D eigenvalue weighted by Gasteiger charge is -2.30. The van der Waals surface area contributed by atoms with Crippen LogP contribution in [0.15, 0.2) is 41.8 Å². The Labute approximate surface area is 166 Å². The molecule has 1 saturated heterocycles. The normalized spacial score (nSPS) is 16.5. The monoisotopic (exact) mass is 386 g/mol. The van der Waals surface area contributed by atoms with Crippen LogP contribution in [0.3, 0.4) is 0 Å². The molecule has 1 amide bonds. The number of carbonyl (C=O) groups is 1. The zero-order chi connectivity index (χ0) is 18.9. The molecule has 0 unspecified atom stereocenters. The number of aryl methyl sites for hydroxylation is 1. The molecule has 0 radical (unpaired) electrons. The number of rotatable bonds is 8. The average molecular weight is 387 g/mol. The molecule has 2 aromatic rings. The quantitative estimate of drug-likeness (QED) is 0.730. The molecule has 1 N–H and O–H groups in total. The fraction of sp³-hybridized carbons (Fsp3) is 0.500. The summed E-state index contributed by atoms with van der Waals surface area (Å²) in [5.41, 5.74) is 1.27. The number of likely N-dealkylation sites (tertiary alicyclic amines) is 1. The van der Waals surface area contributed by atoms with Gasteiger partial charge >= 0.3 is 0 Å². The zero-order valence-electron chi connectivity index (χ0n) is 16.2. The van der Waals surface area contributed by atoms with Crippen molar-refractivity contribution in [2.75, 3.05) is 26.2 Å². The standard InChI is InChI=1S/C22H30N2O2S/c1-2-18-9-11-19(12-10-18)26-17-22(25)23-16-20(21-8-7-15-27-21)24-13-5-3-4-6-14-24/h7-12,15,20H,2-6,13-14,16-17H2,1H3,(H,23,25)/t20-/m1/s1. The number of benzene rings is 1. The van der Waals surface area contributed by atoms with E-state index in [1.165, 1.54) is 36.1 Å². The second-order valence-electron chi connectivity index (χ2n) is 7.07. The van der Waals surface area contributed by atoms with Crippen LogP contribution in [0.1, 0.15) is 49.1 Å². The first-order valence-electron chi connectivity index (χ1n) is 10.0. The molecule has 1 aromatic heterocycles. The highest BCUT2D eigenvalue weighted by atomic mass is 32.1. The zero-order valence-corrected chi connectivity index (χ0v) is 17.0. The van der Waals surface area contributed by atoms with Crippen molar-refractivity contribution < 1.29 is 9.53 Å². The second-order valence-corrected chi connectivity index (χ2v) is 8.05. The van der Waals surface area contributed by atoms with E-state index in [1.54, 1.807) is 11.3 Å². The fourth-order valence-corrected chi connectivity index (χ4v) is 4.39. The van der Waals surface area contributed by atoms with Crippen LogP contribution < -0.4 is 10.1 Å². The maximum Gasteiger partial charge on any atom is 0.258 e.